The molecule has 1 aromatic carbocycles. The summed E-state index contributed by atoms with van der Waals surface area (Å²) in [6.07, 6.45) is 6.78. The summed E-state index contributed by atoms with van der Waals surface area (Å²) in [6.45, 7) is 6.18. The molecule has 1 fully saturated rings. The highest BCUT2D eigenvalue weighted by molar-refractivity contribution is 5.40. The topological polar surface area (TPSA) is 58.4 Å². The summed E-state index contributed by atoms with van der Waals surface area (Å²) in [7, 11) is 0. The van der Waals surface area contributed by atoms with Gasteiger partial charge in [-0.1, -0.05) is 36.4 Å². The van der Waals surface area contributed by atoms with Gasteiger partial charge < -0.3 is 9.67 Å². The number of piperidine rings is 1. The van der Waals surface area contributed by atoms with E-state index >= 15 is 0 Å². The van der Waals surface area contributed by atoms with E-state index in [0.717, 1.165) is 43.6 Å². The lowest BCUT2D eigenvalue weighted by atomic mass is 9.88. The fraction of sp³-hybridized carbons (Fsp3) is 0.385. The number of pyridine rings is 2. The third kappa shape index (κ3) is 4.57. The number of benzene rings is 1. The molecule has 0 radical (unpaired) electrons. The zero-order chi connectivity index (χ0) is 21.8. The molecule has 162 valence electrons. The SMILES string of the molecule is CCn1c(C)cc(O)c(C(c2cccnc2)N2CCC(Cc3ccccc3)CC2)c1=O. The molecule has 0 spiro atoms. The van der Waals surface area contributed by atoms with Gasteiger partial charge in [-0.3, -0.25) is 14.7 Å². The molecule has 3 aromatic rings. The molecule has 0 bridgehead atoms. The summed E-state index contributed by atoms with van der Waals surface area (Å²) in [5.74, 6) is 0.708. The van der Waals surface area contributed by atoms with Crippen molar-refractivity contribution in [2.75, 3.05) is 13.1 Å². The minimum absolute atomic E-state index is 0.0764. The molecule has 1 aliphatic heterocycles. The lowest BCUT2D eigenvalue weighted by Gasteiger charge is -2.38. The first-order valence-corrected chi connectivity index (χ1v) is 11.2. The zero-order valence-corrected chi connectivity index (χ0v) is 18.4. The Hall–Kier alpha value is -2.92. The molecule has 31 heavy (non-hydrogen) atoms. The van der Waals surface area contributed by atoms with Crippen LogP contribution in [-0.2, 0) is 13.0 Å². The summed E-state index contributed by atoms with van der Waals surface area (Å²) < 4.78 is 1.74. The van der Waals surface area contributed by atoms with E-state index in [4.69, 9.17) is 0 Å². The Morgan fingerprint density at radius 1 is 1.13 bits per heavy atom. The average molecular weight is 418 g/mol. The van der Waals surface area contributed by atoms with Crippen LogP contribution in [0.5, 0.6) is 5.75 Å². The summed E-state index contributed by atoms with van der Waals surface area (Å²) in [4.78, 5) is 20.0. The van der Waals surface area contributed by atoms with Crippen LogP contribution in [0.1, 0.15) is 48.2 Å². The van der Waals surface area contributed by atoms with Crippen LogP contribution in [0.15, 0.2) is 65.7 Å². The van der Waals surface area contributed by atoms with E-state index in [1.165, 1.54) is 5.56 Å². The van der Waals surface area contributed by atoms with Crippen molar-refractivity contribution in [3.8, 4) is 5.75 Å². The molecule has 5 nitrogen and oxygen atoms in total. The van der Waals surface area contributed by atoms with E-state index < -0.39 is 0 Å². The van der Waals surface area contributed by atoms with E-state index in [2.05, 4.69) is 40.2 Å². The highest BCUT2D eigenvalue weighted by Crippen LogP contribution is 2.35. The maximum Gasteiger partial charge on any atom is 0.259 e. The number of rotatable bonds is 6. The van der Waals surface area contributed by atoms with Crippen molar-refractivity contribution >= 4 is 0 Å². The van der Waals surface area contributed by atoms with Crippen LogP contribution in [0, 0.1) is 12.8 Å². The van der Waals surface area contributed by atoms with Gasteiger partial charge >= 0.3 is 0 Å². The second-order valence-electron chi connectivity index (χ2n) is 8.49. The van der Waals surface area contributed by atoms with Gasteiger partial charge in [-0.2, -0.15) is 0 Å². The highest BCUT2D eigenvalue weighted by atomic mass is 16.3. The first-order valence-electron chi connectivity index (χ1n) is 11.2. The molecule has 4 rings (SSSR count). The van der Waals surface area contributed by atoms with Crippen molar-refractivity contribution < 1.29 is 5.11 Å². The van der Waals surface area contributed by atoms with Crippen molar-refractivity contribution in [1.82, 2.24) is 14.5 Å². The third-order valence-corrected chi connectivity index (χ3v) is 6.49. The molecule has 0 amide bonds. The molecule has 2 aromatic heterocycles. The van der Waals surface area contributed by atoms with Gasteiger partial charge in [-0.05, 0) is 75.4 Å². The quantitative estimate of drug-likeness (QED) is 0.649. The number of nitrogens with zero attached hydrogens (tertiary/aromatic N) is 3. The van der Waals surface area contributed by atoms with Crippen LogP contribution in [0.2, 0.25) is 0 Å². The van der Waals surface area contributed by atoms with Crippen LogP contribution in [0.4, 0.5) is 0 Å². The van der Waals surface area contributed by atoms with Crippen molar-refractivity contribution in [3.63, 3.8) is 0 Å². The van der Waals surface area contributed by atoms with Crippen molar-refractivity contribution in [3.05, 3.63) is 93.7 Å². The Morgan fingerprint density at radius 2 is 1.87 bits per heavy atom. The summed E-state index contributed by atoms with van der Waals surface area (Å²) in [5.41, 5.74) is 3.46. The average Bonchev–Trinajstić information content (AvgIpc) is 2.79. The van der Waals surface area contributed by atoms with Gasteiger partial charge in [0.05, 0.1) is 11.6 Å². The van der Waals surface area contributed by atoms with Crippen LogP contribution < -0.4 is 5.56 Å². The number of likely N-dealkylation sites (tertiary alicyclic amines) is 1. The smallest absolute Gasteiger partial charge is 0.259 e. The van der Waals surface area contributed by atoms with Crippen LogP contribution in [-0.4, -0.2) is 32.6 Å². The van der Waals surface area contributed by atoms with Gasteiger partial charge in [-0.15, -0.1) is 0 Å². The van der Waals surface area contributed by atoms with E-state index in [9.17, 15) is 9.90 Å². The minimum atomic E-state index is -0.294. The van der Waals surface area contributed by atoms with Crippen LogP contribution in [0.25, 0.3) is 0 Å². The molecular formula is C26H31N3O2. The van der Waals surface area contributed by atoms with Gasteiger partial charge in [0.15, 0.2) is 0 Å². The predicted molar refractivity (Wildman–Crippen MR) is 123 cm³/mol. The molecular weight excluding hydrogens is 386 g/mol. The first-order chi connectivity index (χ1) is 15.1. The minimum Gasteiger partial charge on any atom is -0.507 e. The van der Waals surface area contributed by atoms with Gasteiger partial charge in [0, 0.05) is 24.6 Å². The first kappa shape index (κ1) is 21.3. The number of hydrogen-bond donors (Lipinski definition) is 1. The van der Waals surface area contributed by atoms with Gasteiger partial charge in [0.2, 0.25) is 0 Å². The molecule has 1 N–H and O–H groups in total. The monoisotopic (exact) mass is 417 g/mol. The Balaban J connectivity index is 1.63. The fourth-order valence-corrected chi connectivity index (χ4v) is 4.88. The number of aryl methyl sites for hydroxylation is 1. The number of aromatic hydroxyl groups is 1. The number of aromatic nitrogens is 2. The molecule has 0 saturated carbocycles. The standard InChI is InChI=1S/C26H31N3O2/c1-3-29-19(2)16-23(30)24(26(29)31)25(22-10-7-13-27-18-22)28-14-11-21(12-15-28)17-20-8-5-4-6-9-20/h4-10,13,16,18,21,25,30H,3,11-12,14-15,17H2,1-2H3. The fourth-order valence-electron chi connectivity index (χ4n) is 4.88. The lowest BCUT2D eigenvalue weighted by Crippen LogP contribution is -2.40. The largest absolute Gasteiger partial charge is 0.507 e. The molecule has 1 unspecified atom stereocenters. The third-order valence-electron chi connectivity index (χ3n) is 6.49. The predicted octanol–water partition coefficient (Wildman–Crippen LogP) is 4.32. The summed E-state index contributed by atoms with van der Waals surface area (Å²) >= 11 is 0. The molecule has 0 aliphatic carbocycles. The van der Waals surface area contributed by atoms with Gasteiger partial charge in [0.1, 0.15) is 5.75 Å². The van der Waals surface area contributed by atoms with Crippen molar-refractivity contribution in [1.29, 1.82) is 0 Å². The Labute approximate surface area is 184 Å². The van der Waals surface area contributed by atoms with E-state index in [0.29, 0.717) is 18.0 Å². The summed E-state index contributed by atoms with van der Waals surface area (Å²) in [5, 5.41) is 10.8. The van der Waals surface area contributed by atoms with E-state index in [1.54, 1.807) is 16.8 Å². The zero-order valence-electron chi connectivity index (χ0n) is 18.4. The lowest BCUT2D eigenvalue weighted by molar-refractivity contribution is 0.148. The van der Waals surface area contributed by atoms with Crippen molar-refractivity contribution in [2.45, 2.75) is 45.7 Å². The molecule has 1 atom stereocenters. The Bertz CT molecular complexity index is 1060. The maximum atomic E-state index is 13.4. The number of hydrogen-bond acceptors (Lipinski definition) is 4. The molecule has 3 heterocycles. The second-order valence-corrected chi connectivity index (χ2v) is 8.49. The molecule has 1 aliphatic rings. The van der Waals surface area contributed by atoms with Gasteiger partial charge in [-0.25, -0.2) is 0 Å². The van der Waals surface area contributed by atoms with E-state index in [-0.39, 0.29) is 17.4 Å². The van der Waals surface area contributed by atoms with Gasteiger partial charge in [0.25, 0.3) is 5.56 Å². The Kier molecular flexibility index (Phi) is 6.52. The molecule has 5 heteroatoms. The van der Waals surface area contributed by atoms with Crippen LogP contribution >= 0.6 is 0 Å². The van der Waals surface area contributed by atoms with Crippen LogP contribution in [0.3, 0.4) is 0 Å². The van der Waals surface area contributed by atoms with E-state index in [1.807, 2.05) is 32.2 Å². The highest BCUT2D eigenvalue weighted by Gasteiger charge is 2.32. The maximum absolute atomic E-state index is 13.4. The Morgan fingerprint density at radius 3 is 2.52 bits per heavy atom. The molecule has 1 saturated heterocycles. The van der Waals surface area contributed by atoms with Crippen molar-refractivity contribution in [2.24, 2.45) is 5.92 Å². The second kappa shape index (κ2) is 9.48. The summed E-state index contributed by atoms with van der Waals surface area (Å²) in [6, 6.07) is 16.0. The normalized spacial score (nSPS) is 16.3.